The molecule has 6 heteroatoms. The van der Waals surface area contributed by atoms with Crippen LogP contribution in [0.1, 0.15) is 310 Å². The number of carbonyl (C=O) groups is 2. The predicted octanol–water partition coefficient (Wildman–Crippen LogP) is 16.9. The summed E-state index contributed by atoms with van der Waals surface area (Å²) in [7, 11) is 0. The van der Waals surface area contributed by atoms with Gasteiger partial charge in [-0.25, -0.2) is 0 Å². The second kappa shape index (κ2) is 50.6. The molecule has 0 bridgehead atoms. The second-order valence-corrected chi connectivity index (χ2v) is 19.3. The molecule has 62 heavy (non-hydrogen) atoms. The lowest BCUT2D eigenvalue weighted by molar-refractivity contribution is -0.151. The van der Waals surface area contributed by atoms with Gasteiger partial charge < -0.3 is 20.3 Å². The maximum absolute atomic E-state index is 13.2. The second-order valence-electron chi connectivity index (χ2n) is 19.3. The van der Waals surface area contributed by atoms with Crippen molar-refractivity contribution in [2.24, 2.45) is 0 Å². The Bertz CT molecular complexity index is 939. The predicted molar refractivity (Wildman–Crippen MR) is 269 cm³/mol. The van der Waals surface area contributed by atoms with Crippen LogP contribution in [0.3, 0.4) is 0 Å². The topological polar surface area (TPSA) is 95.9 Å². The van der Waals surface area contributed by atoms with E-state index in [1.807, 2.05) is 0 Å². The van der Waals surface area contributed by atoms with Crippen molar-refractivity contribution in [1.82, 2.24) is 5.32 Å². The first-order valence-corrected chi connectivity index (χ1v) is 27.9. The third-order valence-electron chi connectivity index (χ3n) is 13.1. The van der Waals surface area contributed by atoms with Crippen molar-refractivity contribution in [1.29, 1.82) is 0 Å². The zero-order chi connectivity index (χ0) is 45.2. The average Bonchev–Trinajstić information content (AvgIpc) is 3.26. The number of carbonyl (C=O) groups excluding carboxylic acids is 2. The van der Waals surface area contributed by atoms with Crippen LogP contribution < -0.4 is 5.32 Å². The number of nitrogens with one attached hydrogen (secondary N) is 1. The molecule has 0 spiro atoms. The van der Waals surface area contributed by atoms with Crippen LogP contribution in [0.2, 0.25) is 0 Å². The van der Waals surface area contributed by atoms with Gasteiger partial charge in [-0.05, 0) is 51.4 Å². The molecule has 0 aromatic rings. The molecule has 368 valence electrons. The van der Waals surface area contributed by atoms with Gasteiger partial charge in [0.05, 0.1) is 25.2 Å². The highest BCUT2D eigenvalue weighted by Gasteiger charge is 2.24. The van der Waals surface area contributed by atoms with Crippen LogP contribution in [0.15, 0.2) is 12.2 Å². The van der Waals surface area contributed by atoms with E-state index in [0.29, 0.717) is 19.3 Å². The fourth-order valence-corrected chi connectivity index (χ4v) is 8.84. The van der Waals surface area contributed by atoms with Crippen LogP contribution in [-0.4, -0.2) is 46.9 Å². The van der Waals surface area contributed by atoms with Crippen LogP contribution in [0.25, 0.3) is 0 Å². The van der Waals surface area contributed by atoms with Crippen molar-refractivity contribution < 1.29 is 24.5 Å². The van der Waals surface area contributed by atoms with Crippen molar-refractivity contribution in [3.8, 4) is 0 Å². The Hall–Kier alpha value is -1.40. The number of allylic oxidation sites excluding steroid dienone is 2. The number of esters is 1. The van der Waals surface area contributed by atoms with Crippen molar-refractivity contribution >= 4 is 11.9 Å². The monoisotopic (exact) mass is 876 g/mol. The smallest absolute Gasteiger partial charge is 0.306 e. The third kappa shape index (κ3) is 45.2. The Kier molecular flexibility index (Phi) is 49.5. The number of rotatable bonds is 51. The molecule has 6 nitrogen and oxygen atoms in total. The van der Waals surface area contributed by atoms with Gasteiger partial charge in [0.15, 0.2) is 0 Å². The van der Waals surface area contributed by atoms with Gasteiger partial charge in [-0.2, -0.15) is 0 Å². The van der Waals surface area contributed by atoms with Crippen molar-refractivity contribution in [3.63, 3.8) is 0 Å². The first-order chi connectivity index (χ1) is 30.5. The highest BCUT2D eigenvalue weighted by Crippen LogP contribution is 2.19. The molecule has 0 aliphatic carbocycles. The number of hydrogen-bond acceptors (Lipinski definition) is 5. The van der Waals surface area contributed by atoms with E-state index < -0.39 is 18.2 Å². The summed E-state index contributed by atoms with van der Waals surface area (Å²) < 4.78 is 5.95. The van der Waals surface area contributed by atoms with Gasteiger partial charge >= 0.3 is 5.97 Å². The summed E-state index contributed by atoms with van der Waals surface area (Å²) in [6.07, 6.45) is 57.0. The molecule has 0 saturated carbocycles. The van der Waals surface area contributed by atoms with Gasteiger partial charge in [-0.15, -0.1) is 0 Å². The van der Waals surface area contributed by atoms with Crippen LogP contribution >= 0.6 is 0 Å². The van der Waals surface area contributed by atoms with Crippen molar-refractivity contribution in [2.45, 2.75) is 328 Å². The number of unbranched alkanes of at least 4 members (excludes halogenated alkanes) is 37. The van der Waals surface area contributed by atoms with Crippen molar-refractivity contribution in [3.05, 3.63) is 12.2 Å². The maximum atomic E-state index is 13.2. The average molecular weight is 876 g/mol. The summed E-state index contributed by atoms with van der Waals surface area (Å²) in [5.74, 6) is -0.462. The van der Waals surface area contributed by atoms with E-state index in [1.54, 1.807) is 0 Å². The van der Waals surface area contributed by atoms with E-state index in [0.717, 1.165) is 57.8 Å². The highest BCUT2D eigenvalue weighted by molar-refractivity contribution is 5.77. The van der Waals surface area contributed by atoms with E-state index in [-0.39, 0.29) is 24.9 Å². The van der Waals surface area contributed by atoms with Gasteiger partial charge in [-0.3, -0.25) is 9.59 Å². The molecule has 0 aliphatic heterocycles. The van der Waals surface area contributed by atoms with E-state index in [1.165, 1.54) is 205 Å². The van der Waals surface area contributed by atoms with Gasteiger partial charge in [0.25, 0.3) is 0 Å². The van der Waals surface area contributed by atoms with Gasteiger partial charge in [0.1, 0.15) is 6.10 Å². The number of hydrogen-bond donors (Lipinski definition) is 3. The molecule has 3 N–H and O–H groups in total. The molecule has 0 rings (SSSR count). The van der Waals surface area contributed by atoms with Crippen LogP contribution in [-0.2, 0) is 14.3 Å². The first-order valence-electron chi connectivity index (χ1n) is 27.9. The summed E-state index contributed by atoms with van der Waals surface area (Å²) >= 11 is 0. The van der Waals surface area contributed by atoms with Crippen LogP contribution in [0.5, 0.6) is 0 Å². The van der Waals surface area contributed by atoms with E-state index in [9.17, 15) is 19.8 Å². The van der Waals surface area contributed by atoms with Gasteiger partial charge in [-0.1, -0.05) is 258 Å². The Balaban J connectivity index is 4.49. The maximum Gasteiger partial charge on any atom is 0.306 e. The molecule has 1 amide bonds. The minimum atomic E-state index is -0.784. The Morgan fingerprint density at radius 1 is 0.452 bits per heavy atom. The molecule has 3 unspecified atom stereocenters. The molecule has 0 aromatic carbocycles. The summed E-state index contributed by atoms with van der Waals surface area (Å²) in [6.45, 7) is 6.50. The molecule has 0 fully saturated rings. The Labute approximate surface area is 387 Å². The molecular weight excluding hydrogens is 767 g/mol. The summed E-state index contributed by atoms with van der Waals surface area (Å²) in [6, 6.07) is -0.698. The van der Waals surface area contributed by atoms with Gasteiger partial charge in [0.2, 0.25) is 5.91 Å². The zero-order valence-corrected chi connectivity index (χ0v) is 42.0. The molecule has 0 heterocycles. The van der Waals surface area contributed by atoms with Crippen molar-refractivity contribution in [2.75, 3.05) is 6.61 Å². The lowest BCUT2D eigenvalue weighted by Gasteiger charge is -2.24. The molecule has 0 saturated heterocycles. The third-order valence-corrected chi connectivity index (χ3v) is 13.1. The normalized spacial score (nSPS) is 13.2. The summed E-state index contributed by atoms with van der Waals surface area (Å²) in [4.78, 5) is 26.2. The largest absolute Gasteiger partial charge is 0.462 e. The summed E-state index contributed by atoms with van der Waals surface area (Å²) in [5, 5.41) is 23.9. The minimum absolute atomic E-state index is 0.0792. The molecular formula is C56H109NO5. The van der Waals surface area contributed by atoms with Crippen LogP contribution in [0.4, 0.5) is 0 Å². The fraction of sp³-hybridized carbons (Fsp3) is 0.929. The number of aliphatic hydroxyl groups is 2. The lowest BCUT2D eigenvalue weighted by atomic mass is 10.0. The van der Waals surface area contributed by atoms with E-state index in [2.05, 4.69) is 38.2 Å². The number of aliphatic hydroxyl groups excluding tert-OH is 2. The van der Waals surface area contributed by atoms with Gasteiger partial charge in [0, 0.05) is 6.42 Å². The SMILES string of the molecule is CCCCCC/C=C\CCCCCCCC(CC(=O)NC(CO)C(O)CCCCCCCCCCCCCCCCCC)OC(=O)CCCCCCCCCCCCCCCC. The first kappa shape index (κ1) is 60.6. The number of amides is 1. The standard InChI is InChI=1S/C56H109NO5/c1-4-7-10-13-16-19-22-25-27-28-30-33-36-39-42-45-48-54(59)53(51-58)57-55(60)50-52(47-44-41-38-35-32-29-24-21-18-15-12-9-6-3)62-56(61)49-46-43-40-37-34-31-26-23-20-17-14-11-8-5-2/h21,24,52-54,58-59H,4-20,22-23,25-51H2,1-3H3,(H,57,60)/b24-21-. The number of ether oxygens (including phenoxy) is 1. The Morgan fingerprint density at radius 3 is 1.16 bits per heavy atom. The highest BCUT2D eigenvalue weighted by atomic mass is 16.5. The molecule has 0 aromatic heterocycles. The molecule has 0 radical (unpaired) electrons. The summed E-state index contributed by atoms with van der Waals surface area (Å²) in [5.41, 5.74) is 0. The zero-order valence-electron chi connectivity index (χ0n) is 42.0. The fourth-order valence-electron chi connectivity index (χ4n) is 8.84. The Morgan fingerprint density at radius 2 is 0.774 bits per heavy atom. The minimum Gasteiger partial charge on any atom is -0.462 e. The van der Waals surface area contributed by atoms with E-state index >= 15 is 0 Å². The molecule has 3 atom stereocenters. The molecule has 0 aliphatic rings. The lowest BCUT2D eigenvalue weighted by Crippen LogP contribution is -2.46. The van der Waals surface area contributed by atoms with E-state index in [4.69, 9.17) is 4.74 Å². The quantitative estimate of drug-likeness (QED) is 0.0321. The van der Waals surface area contributed by atoms with Crippen LogP contribution in [0, 0.1) is 0 Å².